The van der Waals surface area contributed by atoms with Gasteiger partial charge in [-0.05, 0) is 51.9 Å². The average molecular weight is 336 g/mol. The van der Waals surface area contributed by atoms with Crippen LogP contribution in [0.1, 0.15) is 11.1 Å². The van der Waals surface area contributed by atoms with Crippen molar-refractivity contribution in [2.24, 2.45) is 0 Å². The molecule has 0 spiro atoms. The van der Waals surface area contributed by atoms with Crippen LogP contribution in [0.5, 0.6) is 0 Å². The molecule has 25 heavy (non-hydrogen) atoms. The van der Waals surface area contributed by atoms with Crippen LogP contribution in [0.4, 0.5) is 0 Å². The van der Waals surface area contributed by atoms with Crippen LogP contribution < -0.4 is 10.4 Å². The van der Waals surface area contributed by atoms with Crippen molar-refractivity contribution < 1.29 is 23.8 Å². The molecule has 2 aliphatic heterocycles. The maximum absolute atomic E-state index is 12.6. The zero-order valence-electron chi connectivity index (χ0n) is 13.4. The Hall–Kier alpha value is -2.34. The van der Waals surface area contributed by atoms with Gasteiger partial charge in [0.25, 0.3) is 0 Å². The SMILES string of the molecule is O=C1C=Cc2cc3c(cc2=C1)C=CC(=O)C=3C(OCC1CO1)C1CO1. The summed E-state index contributed by atoms with van der Waals surface area (Å²) in [5, 5.41) is 1.73. The van der Waals surface area contributed by atoms with E-state index >= 15 is 0 Å². The maximum atomic E-state index is 12.6. The van der Waals surface area contributed by atoms with E-state index < -0.39 is 6.10 Å². The number of hydrogen-bond acceptors (Lipinski definition) is 5. The van der Waals surface area contributed by atoms with E-state index in [0.29, 0.717) is 25.4 Å². The molecular formula is C20H16O5. The van der Waals surface area contributed by atoms with Crippen molar-refractivity contribution in [3.05, 3.63) is 45.8 Å². The lowest BCUT2D eigenvalue weighted by molar-refractivity contribution is -0.111. The molecule has 4 aliphatic rings. The zero-order chi connectivity index (χ0) is 17.0. The second kappa shape index (κ2) is 5.59. The molecule has 5 nitrogen and oxygen atoms in total. The van der Waals surface area contributed by atoms with Gasteiger partial charge in [-0.15, -0.1) is 0 Å². The molecule has 1 aromatic rings. The van der Waals surface area contributed by atoms with E-state index in [-0.39, 0.29) is 23.8 Å². The molecule has 5 rings (SSSR count). The van der Waals surface area contributed by atoms with Gasteiger partial charge in [-0.25, -0.2) is 0 Å². The number of fused-ring (bicyclic) bond motifs is 2. The molecule has 1 aromatic carbocycles. The highest BCUT2D eigenvalue weighted by atomic mass is 16.6. The zero-order valence-corrected chi connectivity index (χ0v) is 13.4. The van der Waals surface area contributed by atoms with Crippen LogP contribution in [-0.2, 0) is 23.8 Å². The van der Waals surface area contributed by atoms with Crippen LogP contribution in [0.3, 0.4) is 0 Å². The lowest BCUT2D eigenvalue weighted by Gasteiger charge is -2.20. The predicted octanol–water partition coefficient (Wildman–Crippen LogP) is -0.00760. The van der Waals surface area contributed by atoms with E-state index in [0.717, 1.165) is 21.6 Å². The highest BCUT2D eigenvalue weighted by Crippen LogP contribution is 2.27. The van der Waals surface area contributed by atoms with Crippen LogP contribution in [0.25, 0.3) is 23.8 Å². The van der Waals surface area contributed by atoms with E-state index in [9.17, 15) is 9.59 Å². The van der Waals surface area contributed by atoms with Crippen molar-refractivity contribution in [3.63, 3.8) is 0 Å². The summed E-state index contributed by atoms with van der Waals surface area (Å²) in [7, 11) is 0. The van der Waals surface area contributed by atoms with Gasteiger partial charge in [0.05, 0.1) is 19.8 Å². The first kappa shape index (κ1) is 15.0. The van der Waals surface area contributed by atoms with Gasteiger partial charge in [-0.2, -0.15) is 0 Å². The number of ether oxygens (including phenoxy) is 3. The van der Waals surface area contributed by atoms with Crippen LogP contribution in [0.2, 0.25) is 0 Å². The Balaban J connectivity index is 1.65. The minimum absolute atomic E-state index is 0.0236. The fourth-order valence-corrected chi connectivity index (χ4v) is 3.33. The summed E-state index contributed by atoms with van der Waals surface area (Å²) in [5.41, 5.74) is 2.48. The van der Waals surface area contributed by atoms with E-state index in [1.807, 2.05) is 12.1 Å². The number of epoxide rings is 2. The molecule has 0 saturated carbocycles. The van der Waals surface area contributed by atoms with Gasteiger partial charge in [-0.3, -0.25) is 9.59 Å². The van der Waals surface area contributed by atoms with Gasteiger partial charge in [0.15, 0.2) is 11.6 Å². The van der Waals surface area contributed by atoms with E-state index in [4.69, 9.17) is 14.2 Å². The Labute approximate surface area is 143 Å². The summed E-state index contributed by atoms with van der Waals surface area (Å²) in [4.78, 5) is 24.2. The minimum Gasteiger partial charge on any atom is -0.371 e. The standard InChI is InChI=1S/C20H16O5/c21-14-3-1-11-7-16-12(5-13(11)6-14)2-4-17(22)19(16)20(18-10-24-18)25-9-15-8-23-15/h1-7,15,18,20H,8-10H2. The molecule has 2 aliphatic carbocycles. The predicted molar refractivity (Wildman–Crippen MR) is 90.9 cm³/mol. The number of ketones is 2. The smallest absolute Gasteiger partial charge is 0.185 e. The molecule has 3 atom stereocenters. The Morgan fingerprint density at radius 2 is 1.84 bits per heavy atom. The first-order valence-corrected chi connectivity index (χ1v) is 8.38. The molecule has 3 unspecified atom stereocenters. The van der Waals surface area contributed by atoms with E-state index in [1.165, 1.54) is 6.08 Å². The first-order chi connectivity index (χ1) is 12.2. The summed E-state index contributed by atoms with van der Waals surface area (Å²) < 4.78 is 16.6. The van der Waals surface area contributed by atoms with Crippen molar-refractivity contribution in [3.8, 4) is 0 Å². The van der Waals surface area contributed by atoms with Crippen molar-refractivity contribution >= 4 is 35.4 Å². The highest BCUT2D eigenvalue weighted by Gasteiger charge is 2.40. The third-order valence-electron chi connectivity index (χ3n) is 4.80. The summed E-state index contributed by atoms with van der Waals surface area (Å²) in [6.45, 7) is 1.77. The van der Waals surface area contributed by atoms with Crippen LogP contribution in [-0.4, -0.2) is 49.7 Å². The van der Waals surface area contributed by atoms with Crippen molar-refractivity contribution in [1.29, 1.82) is 0 Å². The van der Waals surface area contributed by atoms with Gasteiger partial charge in [0.2, 0.25) is 0 Å². The normalized spacial score (nSPS) is 26.8. The summed E-state index contributed by atoms with van der Waals surface area (Å²) in [6.07, 6.45) is 7.96. The number of benzene rings is 1. The van der Waals surface area contributed by atoms with Crippen molar-refractivity contribution in [2.75, 3.05) is 19.8 Å². The van der Waals surface area contributed by atoms with Crippen molar-refractivity contribution in [2.45, 2.75) is 18.3 Å². The molecule has 2 fully saturated rings. The van der Waals surface area contributed by atoms with E-state index in [2.05, 4.69) is 0 Å². The summed E-state index contributed by atoms with van der Waals surface area (Å²) in [5.74, 6) is -0.0750. The number of carbonyl (C=O) groups excluding carboxylic acids is 2. The number of rotatable bonds is 5. The quantitative estimate of drug-likeness (QED) is 0.708. The van der Waals surface area contributed by atoms with Gasteiger partial charge in [-0.1, -0.05) is 12.2 Å². The summed E-state index contributed by atoms with van der Waals surface area (Å²) in [6, 6.07) is 3.91. The fourth-order valence-electron chi connectivity index (χ4n) is 3.33. The van der Waals surface area contributed by atoms with Crippen LogP contribution in [0, 0.1) is 0 Å². The Bertz CT molecular complexity index is 961. The van der Waals surface area contributed by atoms with Gasteiger partial charge < -0.3 is 14.2 Å². The van der Waals surface area contributed by atoms with E-state index in [1.54, 1.807) is 24.3 Å². The lowest BCUT2D eigenvalue weighted by atomic mass is 9.89. The second-order valence-corrected chi connectivity index (χ2v) is 6.64. The Morgan fingerprint density at radius 1 is 1.04 bits per heavy atom. The number of carbonyl (C=O) groups is 2. The molecule has 0 aromatic heterocycles. The molecule has 126 valence electrons. The fraction of sp³-hybridized carbons (Fsp3) is 0.300. The average Bonchev–Trinajstić information content (AvgIpc) is 3.49. The molecule has 2 heterocycles. The highest BCUT2D eigenvalue weighted by molar-refractivity contribution is 6.25. The molecule has 5 heteroatoms. The lowest BCUT2D eigenvalue weighted by Crippen LogP contribution is -2.35. The maximum Gasteiger partial charge on any atom is 0.185 e. The third-order valence-corrected chi connectivity index (χ3v) is 4.80. The van der Waals surface area contributed by atoms with Crippen LogP contribution >= 0.6 is 0 Å². The van der Waals surface area contributed by atoms with Crippen molar-refractivity contribution in [1.82, 2.24) is 0 Å². The largest absolute Gasteiger partial charge is 0.371 e. The van der Waals surface area contributed by atoms with Gasteiger partial charge in [0, 0.05) is 5.57 Å². The molecule has 2 saturated heterocycles. The monoisotopic (exact) mass is 336 g/mol. The number of allylic oxidation sites excluding steroid dienone is 2. The second-order valence-electron chi connectivity index (χ2n) is 6.64. The molecule has 0 radical (unpaired) electrons. The van der Waals surface area contributed by atoms with Gasteiger partial charge >= 0.3 is 0 Å². The molecule has 0 N–H and O–H groups in total. The Morgan fingerprint density at radius 3 is 2.60 bits per heavy atom. The van der Waals surface area contributed by atoms with Gasteiger partial charge in [0.1, 0.15) is 18.3 Å². The molecular weight excluding hydrogens is 320 g/mol. The minimum atomic E-state index is -0.392. The summed E-state index contributed by atoms with van der Waals surface area (Å²) >= 11 is 0. The third kappa shape index (κ3) is 2.80. The molecule has 0 amide bonds. The van der Waals surface area contributed by atoms with Crippen LogP contribution in [0.15, 0.2) is 24.3 Å². The number of hydrogen-bond donors (Lipinski definition) is 0. The topological polar surface area (TPSA) is 68.4 Å². The first-order valence-electron chi connectivity index (χ1n) is 8.38. The molecule has 0 bridgehead atoms. The Kier molecular flexibility index (Phi) is 3.35.